The van der Waals surface area contributed by atoms with Gasteiger partial charge in [0.2, 0.25) is 6.43 Å². The van der Waals surface area contributed by atoms with Gasteiger partial charge in [0.25, 0.3) is 0 Å². The first-order valence-electron chi connectivity index (χ1n) is 4.62. The lowest BCUT2D eigenvalue weighted by molar-refractivity contribution is 0.0290. The minimum atomic E-state index is -2.41. The van der Waals surface area contributed by atoms with E-state index in [0.717, 1.165) is 0 Å². The largest absolute Gasteiger partial charge is 0.388 e. The molecule has 2 N–H and O–H groups in total. The molecule has 0 spiro atoms. The van der Waals surface area contributed by atoms with E-state index in [2.05, 4.69) is 9.97 Å². The molecule has 0 fully saturated rings. The van der Waals surface area contributed by atoms with Gasteiger partial charge in [0.15, 0.2) is 4.77 Å². The van der Waals surface area contributed by atoms with Gasteiger partial charge in [-0.1, -0.05) is 0 Å². The highest BCUT2D eigenvalue weighted by molar-refractivity contribution is 7.71. The Morgan fingerprint density at radius 3 is 3.00 bits per heavy atom. The van der Waals surface area contributed by atoms with E-state index in [1.807, 2.05) is 0 Å². The molecule has 0 unspecified atom stereocenters. The minimum absolute atomic E-state index is 0.0803. The molecular weight excluding hydrogens is 222 g/mol. The smallest absolute Gasteiger partial charge is 0.241 e. The van der Waals surface area contributed by atoms with Gasteiger partial charge < -0.3 is 10.1 Å². The first-order valence-corrected chi connectivity index (χ1v) is 5.03. The van der Waals surface area contributed by atoms with Crippen LogP contribution in [0.2, 0.25) is 0 Å². The number of aliphatic hydroxyl groups is 1. The van der Waals surface area contributed by atoms with Crippen molar-refractivity contribution in [2.24, 2.45) is 5.92 Å². The summed E-state index contributed by atoms with van der Waals surface area (Å²) in [6, 6.07) is 0. The van der Waals surface area contributed by atoms with Crippen molar-refractivity contribution >= 4 is 12.2 Å². The Kier molecular flexibility index (Phi) is 2.79. The zero-order chi connectivity index (χ0) is 11.0. The Morgan fingerprint density at radius 2 is 2.33 bits per heavy atom. The van der Waals surface area contributed by atoms with Crippen LogP contribution in [-0.4, -0.2) is 21.5 Å². The fourth-order valence-electron chi connectivity index (χ4n) is 1.85. The Morgan fingerprint density at radius 1 is 1.60 bits per heavy atom. The standard InChI is InChI=1S/C9H10F2N2OS/c10-8(11)4-1-6-5(7(14)2-4)3-12-9(15)13-6/h3-4,7-8,14H,1-2H2,(H,12,13,15)/t4-,7-/m1/s1. The maximum Gasteiger partial charge on any atom is 0.241 e. The second kappa shape index (κ2) is 3.94. The van der Waals surface area contributed by atoms with Gasteiger partial charge in [0.05, 0.1) is 6.10 Å². The number of hydrogen-bond donors (Lipinski definition) is 2. The number of nitrogens with zero attached hydrogens (tertiary/aromatic N) is 1. The quantitative estimate of drug-likeness (QED) is 0.728. The van der Waals surface area contributed by atoms with Crippen molar-refractivity contribution in [2.45, 2.75) is 25.4 Å². The molecule has 1 aromatic rings. The third-order valence-electron chi connectivity index (χ3n) is 2.63. The van der Waals surface area contributed by atoms with Crippen LogP contribution in [0.15, 0.2) is 6.20 Å². The molecule has 6 heteroatoms. The van der Waals surface area contributed by atoms with Gasteiger partial charge in [-0.25, -0.2) is 13.8 Å². The van der Waals surface area contributed by atoms with Gasteiger partial charge in [-0.3, -0.25) is 0 Å². The van der Waals surface area contributed by atoms with Crippen LogP contribution in [0.1, 0.15) is 23.8 Å². The molecule has 2 atom stereocenters. The summed E-state index contributed by atoms with van der Waals surface area (Å²) in [4.78, 5) is 6.58. The van der Waals surface area contributed by atoms with Crippen molar-refractivity contribution in [3.05, 3.63) is 22.2 Å². The normalized spacial score (nSPS) is 25.3. The molecule has 82 valence electrons. The molecule has 3 nitrogen and oxygen atoms in total. The summed E-state index contributed by atoms with van der Waals surface area (Å²) in [5, 5.41) is 9.64. The van der Waals surface area contributed by atoms with E-state index < -0.39 is 18.4 Å². The highest BCUT2D eigenvalue weighted by Crippen LogP contribution is 2.34. The second-order valence-electron chi connectivity index (χ2n) is 3.67. The number of fused-ring (bicyclic) bond motifs is 1. The lowest BCUT2D eigenvalue weighted by Gasteiger charge is -2.27. The topological polar surface area (TPSA) is 48.9 Å². The van der Waals surface area contributed by atoms with Gasteiger partial charge >= 0.3 is 0 Å². The molecule has 1 aliphatic rings. The van der Waals surface area contributed by atoms with Crippen molar-refractivity contribution in [3.63, 3.8) is 0 Å². The van der Waals surface area contributed by atoms with Crippen molar-refractivity contribution < 1.29 is 13.9 Å². The van der Waals surface area contributed by atoms with Crippen molar-refractivity contribution in [3.8, 4) is 0 Å². The molecule has 2 rings (SSSR count). The van der Waals surface area contributed by atoms with Crippen LogP contribution in [0.3, 0.4) is 0 Å². The number of rotatable bonds is 1. The first-order chi connectivity index (χ1) is 7.08. The maximum atomic E-state index is 12.5. The van der Waals surface area contributed by atoms with Crippen LogP contribution in [-0.2, 0) is 6.42 Å². The first kappa shape index (κ1) is 10.6. The van der Waals surface area contributed by atoms with Gasteiger partial charge in [-0.05, 0) is 25.1 Å². The number of aromatic amines is 1. The Labute approximate surface area is 90.2 Å². The molecule has 0 radical (unpaired) electrons. The zero-order valence-corrected chi connectivity index (χ0v) is 8.60. The summed E-state index contributed by atoms with van der Waals surface area (Å²) in [6.45, 7) is 0. The number of halogens is 2. The average Bonchev–Trinajstić information content (AvgIpc) is 2.16. The third kappa shape index (κ3) is 2.05. The fraction of sp³-hybridized carbons (Fsp3) is 0.556. The SMILES string of the molecule is O[C@@H]1C[C@H](C(F)F)Cc2[nH]c(=S)ncc21. The molecule has 1 heterocycles. The van der Waals surface area contributed by atoms with E-state index in [1.54, 1.807) is 0 Å². The minimum Gasteiger partial charge on any atom is -0.388 e. The van der Waals surface area contributed by atoms with Crippen LogP contribution < -0.4 is 0 Å². The molecule has 0 amide bonds. The number of aliphatic hydroxyl groups excluding tert-OH is 1. The number of H-pyrrole nitrogens is 1. The number of hydrogen-bond acceptors (Lipinski definition) is 3. The Hall–Kier alpha value is -0.880. The highest BCUT2D eigenvalue weighted by atomic mass is 32.1. The molecule has 1 aromatic heterocycles. The molecule has 0 saturated heterocycles. The predicted molar refractivity (Wildman–Crippen MR) is 52.2 cm³/mol. The molecule has 0 aliphatic heterocycles. The van der Waals surface area contributed by atoms with Gasteiger partial charge in [0.1, 0.15) is 0 Å². The fourth-order valence-corrected chi connectivity index (χ4v) is 2.02. The van der Waals surface area contributed by atoms with Crippen LogP contribution in [0.4, 0.5) is 8.78 Å². The predicted octanol–water partition coefficient (Wildman–Crippen LogP) is 2.00. The van der Waals surface area contributed by atoms with Crippen LogP contribution in [0.25, 0.3) is 0 Å². The Balaban J connectivity index is 2.37. The van der Waals surface area contributed by atoms with E-state index in [9.17, 15) is 13.9 Å². The summed E-state index contributed by atoms with van der Waals surface area (Å²) in [5.74, 6) is -0.805. The third-order valence-corrected chi connectivity index (χ3v) is 2.84. The Bertz CT molecular complexity index is 421. The molecule has 15 heavy (non-hydrogen) atoms. The van der Waals surface area contributed by atoms with Crippen LogP contribution >= 0.6 is 12.2 Å². The maximum absolute atomic E-state index is 12.5. The summed E-state index contributed by atoms with van der Waals surface area (Å²) in [6.07, 6.45) is -1.52. The highest BCUT2D eigenvalue weighted by Gasteiger charge is 2.31. The van der Waals surface area contributed by atoms with Crippen molar-refractivity contribution in [1.29, 1.82) is 0 Å². The summed E-state index contributed by atoms with van der Waals surface area (Å²) in [5.41, 5.74) is 1.17. The average molecular weight is 232 g/mol. The van der Waals surface area contributed by atoms with Gasteiger partial charge in [-0.2, -0.15) is 0 Å². The lowest BCUT2D eigenvalue weighted by atomic mass is 9.86. The van der Waals surface area contributed by atoms with E-state index in [4.69, 9.17) is 12.2 Å². The molecule has 0 saturated carbocycles. The number of nitrogens with one attached hydrogen (secondary N) is 1. The second-order valence-corrected chi connectivity index (χ2v) is 4.06. The summed E-state index contributed by atoms with van der Waals surface area (Å²) < 4.78 is 25.3. The van der Waals surface area contributed by atoms with E-state index in [1.165, 1.54) is 6.20 Å². The lowest BCUT2D eigenvalue weighted by Crippen LogP contribution is -2.25. The number of aromatic nitrogens is 2. The molecular formula is C9H10F2N2OS. The van der Waals surface area contributed by atoms with E-state index in [0.29, 0.717) is 11.3 Å². The van der Waals surface area contributed by atoms with Gasteiger partial charge in [-0.15, -0.1) is 0 Å². The molecule has 0 bridgehead atoms. The molecule has 0 aromatic carbocycles. The van der Waals surface area contributed by atoms with Crippen LogP contribution in [0, 0.1) is 10.7 Å². The van der Waals surface area contributed by atoms with E-state index >= 15 is 0 Å². The van der Waals surface area contributed by atoms with Gasteiger partial charge in [0, 0.05) is 23.4 Å². The molecule has 1 aliphatic carbocycles. The van der Waals surface area contributed by atoms with Crippen LogP contribution in [0.5, 0.6) is 0 Å². The van der Waals surface area contributed by atoms with Crippen molar-refractivity contribution in [1.82, 2.24) is 9.97 Å². The summed E-state index contributed by atoms with van der Waals surface area (Å²) >= 11 is 4.80. The zero-order valence-electron chi connectivity index (χ0n) is 7.78. The monoisotopic (exact) mass is 232 g/mol. The summed E-state index contributed by atoms with van der Waals surface area (Å²) in [7, 11) is 0. The van der Waals surface area contributed by atoms with Crippen molar-refractivity contribution in [2.75, 3.05) is 0 Å². The number of alkyl halides is 2. The van der Waals surface area contributed by atoms with E-state index in [-0.39, 0.29) is 17.6 Å².